The lowest BCUT2D eigenvalue weighted by Gasteiger charge is -2.18. The third kappa shape index (κ3) is 3.37. The van der Waals surface area contributed by atoms with Crippen molar-refractivity contribution >= 4 is 5.78 Å². The van der Waals surface area contributed by atoms with Crippen LogP contribution in [0.3, 0.4) is 0 Å². The van der Waals surface area contributed by atoms with Crippen molar-refractivity contribution < 1.29 is 23.1 Å². The van der Waals surface area contributed by atoms with Crippen molar-refractivity contribution in [2.75, 3.05) is 6.61 Å². The van der Waals surface area contributed by atoms with E-state index in [9.17, 15) is 18.0 Å². The summed E-state index contributed by atoms with van der Waals surface area (Å²) in [5.74, 6) is -0.852. The maximum Gasteiger partial charge on any atom is 0.430 e. The molecule has 6 heteroatoms. The van der Waals surface area contributed by atoms with E-state index < -0.39 is 29.7 Å². The van der Waals surface area contributed by atoms with Crippen LogP contribution in [0.5, 0.6) is 0 Å². The van der Waals surface area contributed by atoms with Crippen LogP contribution in [0.1, 0.15) is 13.8 Å². The van der Waals surface area contributed by atoms with Crippen molar-refractivity contribution in [2.45, 2.75) is 20.0 Å². The minimum atomic E-state index is -4.71. The molecule has 0 saturated carbocycles. The number of aliphatic hydroxyl groups excluding tert-OH is 1. The fourth-order valence-electron chi connectivity index (χ4n) is 0.496. The van der Waals surface area contributed by atoms with Crippen LogP contribution < -0.4 is 5.73 Å². The van der Waals surface area contributed by atoms with E-state index in [-0.39, 0.29) is 0 Å². The van der Waals surface area contributed by atoms with E-state index in [1.165, 1.54) is 13.8 Å². The van der Waals surface area contributed by atoms with Gasteiger partial charge in [-0.15, -0.1) is 0 Å². The van der Waals surface area contributed by atoms with E-state index in [2.05, 4.69) is 5.73 Å². The van der Waals surface area contributed by atoms with Crippen LogP contribution in [0.15, 0.2) is 11.8 Å². The maximum absolute atomic E-state index is 11.9. The molecule has 0 aromatic heterocycles. The molecule has 0 aromatic carbocycles. The predicted octanol–water partition coefficient (Wildman–Crippen LogP) is 0.979. The van der Waals surface area contributed by atoms with Crippen molar-refractivity contribution in [2.24, 2.45) is 11.1 Å². The quantitative estimate of drug-likeness (QED) is 0.684. The normalized spacial score (nSPS) is 14.3. The van der Waals surface area contributed by atoms with E-state index >= 15 is 0 Å². The largest absolute Gasteiger partial charge is 0.430 e. The Kier molecular flexibility index (Phi) is 3.70. The Morgan fingerprint density at radius 3 is 2.14 bits per heavy atom. The second-order valence-corrected chi connectivity index (χ2v) is 3.50. The highest BCUT2D eigenvalue weighted by molar-refractivity contribution is 5.94. The van der Waals surface area contributed by atoms with Gasteiger partial charge < -0.3 is 10.8 Å². The summed E-state index contributed by atoms with van der Waals surface area (Å²) < 4.78 is 35.7. The number of nitrogens with two attached hydrogens (primary N) is 1. The molecule has 0 radical (unpaired) electrons. The molecule has 82 valence electrons. The van der Waals surface area contributed by atoms with Gasteiger partial charge in [0.25, 0.3) is 0 Å². The van der Waals surface area contributed by atoms with Gasteiger partial charge >= 0.3 is 6.18 Å². The summed E-state index contributed by atoms with van der Waals surface area (Å²) in [6.45, 7) is 2.12. The Labute approximate surface area is 79.4 Å². The monoisotopic (exact) mass is 211 g/mol. The second-order valence-electron chi connectivity index (χ2n) is 3.50. The number of carbonyl (C=O) groups is 1. The highest BCUT2D eigenvalue weighted by Crippen LogP contribution is 2.23. The van der Waals surface area contributed by atoms with Crippen molar-refractivity contribution in [1.29, 1.82) is 0 Å². The van der Waals surface area contributed by atoms with Crippen LogP contribution in [0.4, 0.5) is 13.2 Å². The lowest BCUT2D eigenvalue weighted by atomic mass is 9.88. The Balaban J connectivity index is 4.77. The number of hydrogen-bond donors (Lipinski definition) is 2. The van der Waals surface area contributed by atoms with Crippen molar-refractivity contribution in [3.8, 4) is 0 Å². The highest BCUT2D eigenvalue weighted by Gasteiger charge is 2.34. The van der Waals surface area contributed by atoms with Crippen LogP contribution in [-0.2, 0) is 4.79 Å². The molecule has 0 spiro atoms. The van der Waals surface area contributed by atoms with Gasteiger partial charge in [0.2, 0.25) is 0 Å². The fraction of sp³-hybridized carbons (Fsp3) is 0.625. The molecular weight excluding hydrogens is 199 g/mol. The summed E-state index contributed by atoms with van der Waals surface area (Å²) in [5.41, 5.74) is 1.94. The third-order valence-electron chi connectivity index (χ3n) is 1.68. The van der Waals surface area contributed by atoms with Crippen molar-refractivity contribution in [3.63, 3.8) is 0 Å². The van der Waals surface area contributed by atoms with Crippen LogP contribution >= 0.6 is 0 Å². The molecule has 3 nitrogen and oxygen atoms in total. The molecule has 0 aromatic rings. The van der Waals surface area contributed by atoms with Gasteiger partial charge in [-0.3, -0.25) is 4.79 Å². The molecule has 0 bridgehead atoms. The smallest absolute Gasteiger partial charge is 0.395 e. The average molecular weight is 211 g/mol. The van der Waals surface area contributed by atoms with E-state index in [1.807, 2.05) is 0 Å². The molecular formula is C8H12F3NO2. The SMILES string of the molecule is CC(C)(CO)C(=O)/C=C(\N)C(F)(F)F. The highest BCUT2D eigenvalue weighted by atomic mass is 19.4. The number of allylic oxidation sites excluding steroid dienone is 2. The first-order valence-electron chi connectivity index (χ1n) is 3.81. The molecule has 0 atom stereocenters. The van der Waals surface area contributed by atoms with Gasteiger partial charge in [-0.2, -0.15) is 13.2 Å². The summed E-state index contributed by atoms with van der Waals surface area (Å²) >= 11 is 0. The number of rotatable bonds is 3. The maximum atomic E-state index is 11.9. The van der Waals surface area contributed by atoms with Gasteiger partial charge in [0.1, 0.15) is 5.70 Å². The Morgan fingerprint density at radius 2 is 1.86 bits per heavy atom. The molecule has 0 heterocycles. The van der Waals surface area contributed by atoms with Crippen LogP contribution in [-0.4, -0.2) is 23.7 Å². The summed E-state index contributed by atoms with van der Waals surface area (Å²) in [6, 6.07) is 0. The van der Waals surface area contributed by atoms with Gasteiger partial charge in [0.05, 0.1) is 12.0 Å². The van der Waals surface area contributed by atoms with Crippen molar-refractivity contribution in [1.82, 2.24) is 0 Å². The zero-order valence-corrected chi connectivity index (χ0v) is 7.85. The number of alkyl halides is 3. The molecule has 0 aliphatic heterocycles. The lowest BCUT2D eigenvalue weighted by molar-refractivity contribution is -0.125. The minimum absolute atomic E-state index is 0.302. The molecule has 0 fully saturated rings. The van der Waals surface area contributed by atoms with Crippen molar-refractivity contribution in [3.05, 3.63) is 11.8 Å². The molecule has 0 amide bonds. The van der Waals surface area contributed by atoms with Gasteiger partial charge in [0.15, 0.2) is 5.78 Å². The number of hydrogen-bond acceptors (Lipinski definition) is 3. The molecule has 0 aliphatic rings. The molecule has 14 heavy (non-hydrogen) atoms. The van der Waals surface area contributed by atoms with Crippen LogP contribution in [0.25, 0.3) is 0 Å². The first-order chi connectivity index (χ1) is 6.11. The predicted molar refractivity (Wildman–Crippen MR) is 44.2 cm³/mol. The van der Waals surface area contributed by atoms with Crippen LogP contribution in [0.2, 0.25) is 0 Å². The topological polar surface area (TPSA) is 63.3 Å². The molecule has 3 N–H and O–H groups in total. The van der Waals surface area contributed by atoms with E-state index in [0.29, 0.717) is 6.08 Å². The number of aliphatic hydroxyl groups is 1. The van der Waals surface area contributed by atoms with E-state index in [1.54, 1.807) is 0 Å². The standard InChI is InChI=1S/C8H12F3NO2/c1-7(2,4-13)6(14)3-5(12)8(9,10)11/h3,13H,4,12H2,1-2H3/b5-3-. The first-order valence-corrected chi connectivity index (χ1v) is 3.81. The summed E-state index contributed by atoms with van der Waals surface area (Å²) in [6.07, 6.45) is -4.41. The lowest BCUT2D eigenvalue weighted by Crippen LogP contribution is -2.29. The second kappa shape index (κ2) is 4.00. The third-order valence-corrected chi connectivity index (χ3v) is 1.68. The van der Waals surface area contributed by atoms with E-state index in [0.717, 1.165) is 0 Å². The minimum Gasteiger partial charge on any atom is -0.395 e. The zero-order chi connectivity index (χ0) is 11.6. The molecule has 0 unspecified atom stereocenters. The van der Waals surface area contributed by atoms with E-state index in [4.69, 9.17) is 5.11 Å². The van der Waals surface area contributed by atoms with Gasteiger partial charge in [0, 0.05) is 6.08 Å². The zero-order valence-electron chi connectivity index (χ0n) is 7.85. The fourth-order valence-corrected chi connectivity index (χ4v) is 0.496. The Hall–Kier alpha value is -1.04. The number of ketones is 1. The van der Waals surface area contributed by atoms with Gasteiger partial charge in [-0.25, -0.2) is 0 Å². The summed E-state index contributed by atoms with van der Waals surface area (Å²) in [7, 11) is 0. The molecule has 0 aliphatic carbocycles. The first kappa shape index (κ1) is 13.0. The Bertz CT molecular complexity index is 256. The Morgan fingerprint density at radius 1 is 1.43 bits per heavy atom. The number of carbonyl (C=O) groups excluding carboxylic acids is 1. The summed E-state index contributed by atoms with van der Waals surface area (Å²) in [4.78, 5) is 11.1. The summed E-state index contributed by atoms with van der Waals surface area (Å²) in [5, 5.41) is 8.71. The van der Waals surface area contributed by atoms with Crippen LogP contribution in [0, 0.1) is 5.41 Å². The average Bonchev–Trinajstić information content (AvgIpc) is 2.02. The van der Waals surface area contributed by atoms with Gasteiger partial charge in [-0.1, -0.05) is 13.8 Å². The number of halogens is 3. The molecule has 0 saturated heterocycles. The van der Waals surface area contributed by atoms with Gasteiger partial charge in [-0.05, 0) is 0 Å². The molecule has 0 rings (SSSR count).